The van der Waals surface area contributed by atoms with Gasteiger partial charge in [0.05, 0.1) is 19.8 Å². The summed E-state index contributed by atoms with van der Waals surface area (Å²) in [6.45, 7) is 2.08. The molecule has 1 aromatic carbocycles. The zero-order valence-electron chi connectivity index (χ0n) is 20.7. The van der Waals surface area contributed by atoms with E-state index < -0.39 is 0 Å². The minimum absolute atomic E-state index is 0.0640. The Bertz CT molecular complexity index is 946. The third kappa shape index (κ3) is 7.56. The van der Waals surface area contributed by atoms with Crippen molar-refractivity contribution in [1.29, 1.82) is 0 Å². The van der Waals surface area contributed by atoms with Gasteiger partial charge in [0.2, 0.25) is 5.91 Å². The van der Waals surface area contributed by atoms with Gasteiger partial charge in [-0.05, 0) is 49.3 Å². The van der Waals surface area contributed by atoms with Gasteiger partial charge in [0.25, 0.3) is 5.91 Å². The predicted octanol–water partition coefficient (Wildman–Crippen LogP) is 4.13. The Morgan fingerprint density at radius 3 is 2.66 bits per heavy atom. The summed E-state index contributed by atoms with van der Waals surface area (Å²) in [6, 6.07) is 9.39. The molecule has 0 bridgehead atoms. The zero-order chi connectivity index (χ0) is 24.5. The molecule has 1 saturated carbocycles. The van der Waals surface area contributed by atoms with Crippen LogP contribution in [-0.4, -0.2) is 54.8 Å². The number of amides is 2. The average molecular weight is 484 g/mol. The highest BCUT2D eigenvalue weighted by Gasteiger charge is 2.25. The third-order valence-electron chi connectivity index (χ3n) is 7.04. The normalized spacial score (nSPS) is 18.0. The van der Waals surface area contributed by atoms with Crippen molar-refractivity contribution < 1.29 is 23.6 Å². The van der Waals surface area contributed by atoms with Crippen molar-refractivity contribution in [1.82, 2.24) is 15.4 Å². The van der Waals surface area contributed by atoms with Crippen LogP contribution in [0.15, 0.2) is 34.9 Å². The van der Waals surface area contributed by atoms with Crippen molar-refractivity contribution in [3.05, 3.63) is 47.3 Å². The topological polar surface area (TPSA) is 93.9 Å². The van der Waals surface area contributed by atoms with Crippen LogP contribution < -0.4 is 10.1 Å². The monoisotopic (exact) mass is 483 g/mol. The first-order valence-corrected chi connectivity index (χ1v) is 12.9. The van der Waals surface area contributed by atoms with Crippen molar-refractivity contribution in [2.75, 3.05) is 26.8 Å². The van der Waals surface area contributed by atoms with E-state index in [0.29, 0.717) is 44.2 Å². The van der Waals surface area contributed by atoms with E-state index in [9.17, 15) is 9.59 Å². The molecule has 1 aliphatic heterocycles. The average Bonchev–Trinajstić information content (AvgIpc) is 3.66. The van der Waals surface area contributed by atoms with Crippen LogP contribution in [0.2, 0.25) is 0 Å². The molecule has 2 amide bonds. The lowest BCUT2D eigenvalue weighted by Crippen LogP contribution is -2.37. The molecule has 2 fully saturated rings. The summed E-state index contributed by atoms with van der Waals surface area (Å²) < 4.78 is 16.4. The molecule has 1 N–H and O–H groups in total. The molecule has 8 nitrogen and oxygen atoms in total. The molecule has 2 aromatic rings. The fourth-order valence-corrected chi connectivity index (χ4v) is 4.96. The fraction of sp³-hybridized carbons (Fsp3) is 0.593. The second-order valence-corrected chi connectivity index (χ2v) is 9.63. The van der Waals surface area contributed by atoms with Crippen LogP contribution in [0.1, 0.15) is 73.2 Å². The number of methoxy groups -OCH3 is 1. The minimum Gasteiger partial charge on any atom is -0.497 e. The van der Waals surface area contributed by atoms with Crippen LogP contribution in [0.4, 0.5) is 0 Å². The summed E-state index contributed by atoms with van der Waals surface area (Å²) in [5.74, 6) is 1.82. The van der Waals surface area contributed by atoms with Crippen LogP contribution >= 0.6 is 0 Å². The highest BCUT2D eigenvalue weighted by atomic mass is 16.5. The van der Waals surface area contributed by atoms with Gasteiger partial charge in [0.15, 0.2) is 11.5 Å². The molecule has 190 valence electrons. The number of carbonyl (C=O) groups excluding carboxylic acids is 2. The molecule has 1 unspecified atom stereocenters. The van der Waals surface area contributed by atoms with Gasteiger partial charge < -0.3 is 24.2 Å². The van der Waals surface area contributed by atoms with E-state index in [1.54, 1.807) is 13.2 Å². The maximum Gasteiger partial charge on any atom is 0.273 e. The number of rotatable bonds is 12. The standard InChI is InChI=1S/C27H37N3O5/c1-33-22-11-8-21(9-12-22)14-15-28-27(32)25-17-24(35-29-25)19-30(18-23-7-4-16-34-23)26(31)13-10-20-5-2-3-6-20/h8-9,11-12,17,20,23H,2-7,10,13-16,18-19H2,1H3,(H,28,32). The first-order chi connectivity index (χ1) is 17.1. The third-order valence-corrected chi connectivity index (χ3v) is 7.04. The Kier molecular flexibility index (Phi) is 9.17. The maximum absolute atomic E-state index is 13.1. The smallest absolute Gasteiger partial charge is 0.273 e. The number of hydrogen-bond donors (Lipinski definition) is 1. The predicted molar refractivity (Wildman–Crippen MR) is 131 cm³/mol. The fourth-order valence-electron chi connectivity index (χ4n) is 4.96. The number of nitrogens with one attached hydrogen (secondary N) is 1. The summed E-state index contributed by atoms with van der Waals surface area (Å²) >= 11 is 0. The van der Waals surface area contributed by atoms with E-state index in [2.05, 4.69) is 10.5 Å². The number of hydrogen-bond acceptors (Lipinski definition) is 6. The molecule has 2 heterocycles. The van der Waals surface area contributed by atoms with E-state index in [-0.39, 0.29) is 23.6 Å². The summed E-state index contributed by atoms with van der Waals surface area (Å²) in [5.41, 5.74) is 1.33. The van der Waals surface area contributed by atoms with Gasteiger partial charge in [0.1, 0.15) is 5.75 Å². The van der Waals surface area contributed by atoms with Gasteiger partial charge in [-0.2, -0.15) is 0 Å². The summed E-state index contributed by atoms with van der Waals surface area (Å²) in [5, 5.41) is 6.83. The zero-order valence-corrected chi connectivity index (χ0v) is 20.7. The molecule has 0 radical (unpaired) electrons. The van der Waals surface area contributed by atoms with Crippen molar-refractivity contribution in [3.63, 3.8) is 0 Å². The first-order valence-electron chi connectivity index (χ1n) is 12.9. The lowest BCUT2D eigenvalue weighted by molar-refractivity contribution is -0.134. The Morgan fingerprint density at radius 1 is 1.14 bits per heavy atom. The van der Waals surface area contributed by atoms with Crippen LogP contribution in [0, 0.1) is 5.92 Å². The van der Waals surface area contributed by atoms with E-state index in [1.807, 2.05) is 29.2 Å². The molecule has 8 heteroatoms. The van der Waals surface area contributed by atoms with Gasteiger partial charge >= 0.3 is 0 Å². The maximum atomic E-state index is 13.1. The number of benzene rings is 1. The van der Waals surface area contributed by atoms with Crippen molar-refractivity contribution in [2.45, 2.75) is 70.4 Å². The van der Waals surface area contributed by atoms with Crippen LogP contribution in [0.3, 0.4) is 0 Å². The summed E-state index contributed by atoms with van der Waals surface area (Å²) in [7, 11) is 1.63. The summed E-state index contributed by atoms with van der Waals surface area (Å²) in [4.78, 5) is 27.4. The van der Waals surface area contributed by atoms with Gasteiger partial charge in [-0.15, -0.1) is 0 Å². The van der Waals surface area contributed by atoms with E-state index in [1.165, 1.54) is 25.7 Å². The SMILES string of the molecule is COc1ccc(CCNC(=O)c2cc(CN(CC3CCCO3)C(=O)CCC3CCCC3)on2)cc1. The lowest BCUT2D eigenvalue weighted by atomic mass is 10.0. The molecular formula is C27H37N3O5. The molecule has 2 aliphatic rings. The van der Waals surface area contributed by atoms with Gasteiger partial charge in [-0.3, -0.25) is 9.59 Å². The Hall–Kier alpha value is -2.87. The lowest BCUT2D eigenvalue weighted by Gasteiger charge is -2.25. The molecule has 1 saturated heterocycles. The van der Waals surface area contributed by atoms with Gasteiger partial charge in [-0.1, -0.05) is 43.0 Å². The van der Waals surface area contributed by atoms with Crippen LogP contribution in [0.25, 0.3) is 0 Å². The highest BCUT2D eigenvalue weighted by Crippen LogP contribution is 2.29. The Balaban J connectivity index is 1.28. The molecule has 4 rings (SSSR count). The highest BCUT2D eigenvalue weighted by molar-refractivity contribution is 5.92. The number of ether oxygens (including phenoxy) is 2. The molecule has 1 aliphatic carbocycles. The number of nitrogens with zero attached hydrogens (tertiary/aromatic N) is 2. The quantitative estimate of drug-likeness (QED) is 0.488. The summed E-state index contributed by atoms with van der Waals surface area (Å²) in [6.07, 6.45) is 9.27. The van der Waals surface area contributed by atoms with E-state index >= 15 is 0 Å². The van der Waals surface area contributed by atoms with Crippen molar-refractivity contribution >= 4 is 11.8 Å². The largest absolute Gasteiger partial charge is 0.497 e. The Labute approximate surface area is 207 Å². The molecule has 1 atom stereocenters. The van der Waals surface area contributed by atoms with Gasteiger partial charge in [0, 0.05) is 32.2 Å². The number of carbonyl (C=O) groups is 2. The van der Waals surface area contributed by atoms with Crippen molar-refractivity contribution in [2.24, 2.45) is 5.92 Å². The van der Waals surface area contributed by atoms with Crippen LogP contribution in [-0.2, 0) is 22.5 Å². The molecule has 1 aromatic heterocycles. The second kappa shape index (κ2) is 12.7. The van der Waals surface area contributed by atoms with Crippen molar-refractivity contribution in [3.8, 4) is 5.75 Å². The van der Waals surface area contributed by atoms with E-state index in [0.717, 1.165) is 37.2 Å². The molecule has 35 heavy (non-hydrogen) atoms. The second-order valence-electron chi connectivity index (χ2n) is 9.63. The van der Waals surface area contributed by atoms with Crippen LogP contribution in [0.5, 0.6) is 5.75 Å². The Morgan fingerprint density at radius 2 is 1.94 bits per heavy atom. The first kappa shape index (κ1) is 25.2. The van der Waals surface area contributed by atoms with E-state index in [4.69, 9.17) is 14.0 Å². The molecular weight excluding hydrogens is 446 g/mol. The number of aromatic nitrogens is 1. The molecule has 0 spiro atoms. The van der Waals surface area contributed by atoms with Gasteiger partial charge in [-0.25, -0.2) is 0 Å². The minimum atomic E-state index is -0.285.